The van der Waals surface area contributed by atoms with Crippen LogP contribution < -0.4 is 14.8 Å². The zero-order chi connectivity index (χ0) is 24.1. The number of anilines is 1. The van der Waals surface area contributed by atoms with E-state index in [4.69, 9.17) is 9.47 Å². The number of aromatic nitrogens is 1. The van der Waals surface area contributed by atoms with Gasteiger partial charge in [0.1, 0.15) is 0 Å². The molecule has 1 amide bonds. The van der Waals surface area contributed by atoms with E-state index in [-0.39, 0.29) is 17.6 Å². The second kappa shape index (κ2) is 8.11. The zero-order valence-corrected chi connectivity index (χ0v) is 20.0. The largest absolute Gasteiger partial charge is 0.454 e. The number of nitrogens with one attached hydrogen (secondary N) is 1. The van der Waals surface area contributed by atoms with Gasteiger partial charge in [-0.1, -0.05) is 18.2 Å². The Labute approximate surface area is 198 Å². The summed E-state index contributed by atoms with van der Waals surface area (Å²) in [6, 6.07) is 14.2. The van der Waals surface area contributed by atoms with Crippen LogP contribution in [0.15, 0.2) is 59.6 Å². The molecule has 176 valence electrons. The third kappa shape index (κ3) is 3.80. The second-order valence-corrected chi connectivity index (χ2v) is 10.9. The fourth-order valence-electron chi connectivity index (χ4n) is 4.13. The monoisotopic (exact) mass is 479 g/mol. The van der Waals surface area contributed by atoms with Gasteiger partial charge in [-0.05, 0) is 61.2 Å². The summed E-state index contributed by atoms with van der Waals surface area (Å²) in [6.45, 7) is 2.07. The van der Waals surface area contributed by atoms with E-state index in [2.05, 4.69) is 10.3 Å². The molecule has 0 spiro atoms. The molecular formula is C25H25N3O5S. The van der Waals surface area contributed by atoms with Crippen LogP contribution >= 0.6 is 0 Å². The normalized spacial score (nSPS) is 15.9. The van der Waals surface area contributed by atoms with E-state index in [1.165, 1.54) is 18.4 Å². The first kappa shape index (κ1) is 22.4. The molecule has 2 aliphatic rings. The predicted molar refractivity (Wildman–Crippen MR) is 127 cm³/mol. The van der Waals surface area contributed by atoms with Gasteiger partial charge < -0.3 is 14.8 Å². The molecule has 8 nitrogen and oxygen atoms in total. The molecule has 1 aliphatic carbocycles. The smallest absolute Gasteiger partial charge is 0.242 e. The van der Waals surface area contributed by atoms with Crippen molar-refractivity contribution < 1.29 is 22.7 Å². The van der Waals surface area contributed by atoms with E-state index in [1.54, 1.807) is 30.5 Å². The van der Waals surface area contributed by atoms with Gasteiger partial charge in [0.05, 0.1) is 22.2 Å². The lowest BCUT2D eigenvalue weighted by Crippen LogP contribution is -2.27. The van der Waals surface area contributed by atoms with Crippen molar-refractivity contribution in [1.29, 1.82) is 0 Å². The van der Waals surface area contributed by atoms with E-state index in [0.717, 1.165) is 35.2 Å². The summed E-state index contributed by atoms with van der Waals surface area (Å²) in [5.41, 5.74) is 3.32. The van der Waals surface area contributed by atoms with Crippen molar-refractivity contribution in [1.82, 2.24) is 9.29 Å². The lowest BCUT2D eigenvalue weighted by Gasteiger charge is -2.17. The van der Waals surface area contributed by atoms with Gasteiger partial charge in [-0.15, -0.1) is 0 Å². The first-order valence-electron chi connectivity index (χ1n) is 10.9. The van der Waals surface area contributed by atoms with Crippen molar-refractivity contribution in [2.24, 2.45) is 0 Å². The SMILES string of the molecule is Cc1ncc(NC(=O)C2(c3ccc4c(c3)OCO4)CC2)cc1-c1ccc(S(=O)(=O)N(C)C)cc1. The molecule has 1 fully saturated rings. The van der Waals surface area contributed by atoms with Crippen LogP contribution in [-0.2, 0) is 20.2 Å². The molecule has 34 heavy (non-hydrogen) atoms. The first-order valence-corrected chi connectivity index (χ1v) is 12.4. The highest BCUT2D eigenvalue weighted by molar-refractivity contribution is 7.89. The van der Waals surface area contributed by atoms with Crippen LogP contribution in [0.5, 0.6) is 11.5 Å². The van der Waals surface area contributed by atoms with Crippen molar-refractivity contribution in [3.8, 4) is 22.6 Å². The summed E-state index contributed by atoms with van der Waals surface area (Å²) < 4.78 is 36.7. The number of amides is 1. The van der Waals surface area contributed by atoms with Crippen LogP contribution in [-0.4, -0.2) is 44.5 Å². The summed E-state index contributed by atoms with van der Waals surface area (Å²) in [5, 5.41) is 3.02. The highest BCUT2D eigenvalue weighted by Gasteiger charge is 2.51. The number of nitrogens with zero attached hydrogens (tertiary/aromatic N) is 2. The topological polar surface area (TPSA) is 97.8 Å². The second-order valence-electron chi connectivity index (χ2n) is 8.77. The van der Waals surface area contributed by atoms with Crippen LogP contribution in [0.1, 0.15) is 24.1 Å². The number of benzene rings is 2. The number of carbonyl (C=O) groups is 1. The third-order valence-electron chi connectivity index (χ3n) is 6.40. The molecule has 1 aliphatic heterocycles. The van der Waals surface area contributed by atoms with Crippen LogP contribution in [0.25, 0.3) is 11.1 Å². The molecule has 3 aromatic rings. The summed E-state index contributed by atoms with van der Waals surface area (Å²) >= 11 is 0. The molecule has 0 unspecified atom stereocenters. The van der Waals surface area contributed by atoms with E-state index in [9.17, 15) is 13.2 Å². The molecule has 0 radical (unpaired) electrons. The Morgan fingerprint density at radius 1 is 1.03 bits per heavy atom. The zero-order valence-electron chi connectivity index (χ0n) is 19.2. The average Bonchev–Trinajstić information content (AvgIpc) is 3.51. The lowest BCUT2D eigenvalue weighted by atomic mass is 9.94. The number of pyridine rings is 1. The van der Waals surface area contributed by atoms with Crippen LogP contribution in [0, 0.1) is 6.92 Å². The van der Waals surface area contributed by atoms with Gasteiger partial charge >= 0.3 is 0 Å². The number of rotatable bonds is 6. The quantitative estimate of drug-likeness (QED) is 0.579. The van der Waals surface area contributed by atoms with Gasteiger partial charge in [0.25, 0.3) is 0 Å². The van der Waals surface area contributed by atoms with Gasteiger partial charge in [0.2, 0.25) is 22.7 Å². The number of sulfonamides is 1. The van der Waals surface area contributed by atoms with Crippen LogP contribution in [0.2, 0.25) is 0 Å². The molecule has 2 aromatic carbocycles. The number of carbonyl (C=O) groups excluding carboxylic acids is 1. The van der Waals surface area contributed by atoms with Crippen molar-refractivity contribution >= 4 is 21.6 Å². The summed E-state index contributed by atoms with van der Waals surface area (Å²) in [6.07, 6.45) is 3.15. The Bertz CT molecular complexity index is 1380. The van der Waals surface area contributed by atoms with Crippen LogP contribution in [0.3, 0.4) is 0 Å². The number of hydrogen-bond donors (Lipinski definition) is 1. The molecule has 0 bridgehead atoms. The maximum absolute atomic E-state index is 13.3. The van der Waals surface area contributed by atoms with Gasteiger partial charge in [-0.2, -0.15) is 0 Å². The minimum absolute atomic E-state index is 0.0876. The Morgan fingerprint density at radius 3 is 2.41 bits per heavy atom. The fourth-order valence-corrected chi connectivity index (χ4v) is 5.03. The van der Waals surface area contributed by atoms with Crippen molar-refractivity contribution in [3.05, 3.63) is 66.0 Å². The van der Waals surface area contributed by atoms with Gasteiger partial charge in [-0.25, -0.2) is 12.7 Å². The van der Waals surface area contributed by atoms with E-state index in [0.29, 0.717) is 17.2 Å². The number of ether oxygens (including phenoxy) is 2. The summed E-state index contributed by atoms with van der Waals surface area (Å²) in [4.78, 5) is 17.9. The number of hydrogen-bond acceptors (Lipinski definition) is 6. The Kier molecular flexibility index (Phi) is 5.33. The predicted octanol–water partition coefficient (Wildman–Crippen LogP) is 3.71. The van der Waals surface area contributed by atoms with E-state index in [1.807, 2.05) is 31.2 Å². The highest BCUT2D eigenvalue weighted by atomic mass is 32.2. The molecule has 0 atom stereocenters. The van der Waals surface area contributed by atoms with E-state index < -0.39 is 15.4 Å². The molecule has 9 heteroatoms. The van der Waals surface area contributed by atoms with Crippen molar-refractivity contribution in [2.45, 2.75) is 30.1 Å². The Morgan fingerprint density at radius 2 is 1.74 bits per heavy atom. The maximum atomic E-state index is 13.3. The fraction of sp³-hybridized carbons (Fsp3) is 0.280. The van der Waals surface area contributed by atoms with Crippen molar-refractivity contribution in [3.63, 3.8) is 0 Å². The minimum atomic E-state index is -3.51. The molecule has 1 saturated carbocycles. The molecular weight excluding hydrogens is 454 g/mol. The standard InChI is InChI=1S/C25H25N3O5S/c1-16-21(17-4-7-20(8-5-17)34(30,31)28(2)3)13-19(14-26-16)27-24(29)25(10-11-25)18-6-9-22-23(12-18)33-15-32-22/h4-9,12-14H,10-11,15H2,1-3H3,(H,27,29). The highest BCUT2D eigenvalue weighted by Crippen LogP contribution is 2.51. The number of fused-ring (bicyclic) bond motifs is 1. The Hall–Kier alpha value is -3.43. The van der Waals surface area contributed by atoms with Gasteiger partial charge in [0.15, 0.2) is 11.5 Å². The summed E-state index contributed by atoms with van der Waals surface area (Å²) in [5.74, 6) is 1.27. The molecule has 1 aromatic heterocycles. The third-order valence-corrected chi connectivity index (χ3v) is 8.23. The maximum Gasteiger partial charge on any atom is 0.242 e. The van der Waals surface area contributed by atoms with Crippen molar-refractivity contribution in [2.75, 3.05) is 26.2 Å². The molecule has 0 saturated heterocycles. The van der Waals surface area contributed by atoms with Gasteiger partial charge in [0, 0.05) is 25.4 Å². The first-order chi connectivity index (χ1) is 16.2. The molecule has 2 heterocycles. The van der Waals surface area contributed by atoms with Gasteiger partial charge in [-0.3, -0.25) is 9.78 Å². The summed E-state index contributed by atoms with van der Waals surface area (Å²) in [7, 11) is -0.506. The molecule has 5 rings (SSSR count). The van der Waals surface area contributed by atoms with E-state index >= 15 is 0 Å². The average molecular weight is 480 g/mol. The van der Waals surface area contributed by atoms with Crippen LogP contribution in [0.4, 0.5) is 5.69 Å². The Balaban J connectivity index is 1.39. The minimum Gasteiger partial charge on any atom is -0.454 e. The lowest BCUT2D eigenvalue weighted by molar-refractivity contribution is -0.118. The number of aryl methyl sites for hydroxylation is 1. The molecule has 1 N–H and O–H groups in total.